The summed E-state index contributed by atoms with van der Waals surface area (Å²) in [5, 5.41) is 4.26. The molecule has 0 saturated carbocycles. The van der Waals surface area contributed by atoms with E-state index in [1.807, 2.05) is 37.3 Å². The number of aromatic nitrogens is 1. The number of hydrogen-bond donors (Lipinski definition) is 2. The van der Waals surface area contributed by atoms with Gasteiger partial charge in [-0.05, 0) is 94.1 Å². The smallest absolute Gasteiger partial charge is 0.264 e. The van der Waals surface area contributed by atoms with Crippen LogP contribution in [0.15, 0.2) is 52.4 Å². The summed E-state index contributed by atoms with van der Waals surface area (Å²) in [5.74, 6) is 0. The molecule has 5 rings (SSSR count). The predicted octanol–water partition coefficient (Wildman–Crippen LogP) is 5.38. The fourth-order valence-electron chi connectivity index (χ4n) is 5.87. The van der Waals surface area contributed by atoms with E-state index in [0.29, 0.717) is 29.0 Å². The number of halogens is 2. The highest BCUT2D eigenvalue weighted by atomic mass is 19.3. The number of aryl methyl sites for hydroxylation is 3. The van der Waals surface area contributed by atoms with Gasteiger partial charge in [-0.3, -0.25) is 9.79 Å². The van der Waals surface area contributed by atoms with E-state index in [2.05, 4.69) is 10.2 Å². The number of benzene rings is 2. The number of nitrogens with one attached hydrogen (secondary N) is 1. The first-order chi connectivity index (χ1) is 18.3. The van der Waals surface area contributed by atoms with Crippen molar-refractivity contribution < 1.29 is 8.78 Å². The number of nitrogens with zero attached hydrogens (tertiary/aromatic N) is 3. The van der Waals surface area contributed by atoms with Crippen LogP contribution < -0.4 is 21.5 Å². The van der Waals surface area contributed by atoms with Crippen LogP contribution >= 0.6 is 0 Å². The predicted molar refractivity (Wildman–Crippen MR) is 152 cm³/mol. The van der Waals surface area contributed by atoms with E-state index in [9.17, 15) is 13.6 Å². The van der Waals surface area contributed by atoms with Gasteiger partial charge in [0.2, 0.25) is 0 Å². The zero-order valence-corrected chi connectivity index (χ0v) is 22.2. The number of piperidine rings is 1. The first kappa shape index (κ1) is 26.1. The molecule has 200 valence electrons. The quantitative estimate of drug-likeness (QED) is 0.444. The van der Waals surface area contributed by atoms with E-state index in [1.165, 1.54) is 6.20 Å². The SMILES string of the molecule is CC(=NC1CCNCC1)/C(=C\N)c1cc2c(cc1C(F)F)N(c1cccc3c1cc(C)c(=O)n3C)CCC2. The minimum atomic E-state index is -2.67. The number of allylic oxidation sites excluding steroid dienone is 1. The van der Waals surface area contributed by atoms with E-state index < -0.39 is 6.43 Å². The lowest BCUT2D eigenvalue weighted by Crippen LogP contribution is -2.30. The van der Waals surface area contributed by atoms with Gasteiger partial charge in [0.15, 0.2) is 0 Å². The average molecular weight is 520 g/mol. The van der Waals surface area contributed by atoms with Gasteiger partial charge in [0, 0.05) is 53.3 Å². The van der Waals surface area contributed by atoms with Gasteiger partial charge in [-0.15, -0.1) is 0 Å². The molecule has 2 aliphatic heterocycles. The largest absolute Gasteiger partial charge is 0.404 e. The molecule has 3 heterocycles. The molecule has 0 amide bonds. The van der Waals surface area contributed by atoms with Crippen molar-refractivity contribution >= 4 is 33.6 Å². The van der Waals surface area contributed by atoms with E-state index in [4.69, 9.17) is 10.7 Å². The molecule has 1 aromatic heterocycles. The number of anilines is 2. The Hall–Kier alpha value is -3.52. The summed E-state index contributed by atoms with van der Waals surface area (Å²) in [5.41, 5.74) is 11.8. The minimum absolute atomic E-state index is 0.0408. The van der Waals surface area contributed by atoms with Crippen LogP contribution in [0.25, 0.3) is 16.5 Å². The Labute approximate surface area is 221 Å². The molecule has 2 aliphatic rings. The average Bonchev–Trinajstić information content (AvgIpc) is 2.91. The van der Waals surface area contributed by atoms with Crippen molar-refractivity contribution in [3.63, 3.8) is 0 Å². The number of pyridine rings is 1. The topological polar surface area (TPSA) is 75.7 Å². The van der Waals surface area contributed by atoms with Gasteiger partial charge >= 0.3 is 0 Å². The lowest BCUT2D eigenvalue weighted by atomic mass is 9.90. The van der Waals surface area contributed by atoms with Crippen molar-refractivity contribution in [2.75, 3.05) is 24.5 Å². The highest BCUT2D eigenvalue weighted by Crippen LogP contribution is 2.42. The maximum atomic E-state index is 14.6. The molecule has 3 N–H and O–H groups in total. The standard InChI is InChI=1S/C30H35F2N5O/c1-18-14-24-26(36(3)30(18)38)7-4-8-27(24)37-13-5-6-20-15-22(23(29(31)32)16-28(20)37)25(17-33)19(2)35-21-9-11-34-12-10-21/h4,7-8,14-17,21,29,34H,5-6,9-13,33H2,1-3H3/b25-17+,35-19?. The molecular weight excluding hydrogens is 484 g/mol. The van der Waals surface area contributed by atoms with Crippen molar-refractivity contribution in [3.8, 4) is 0 Å². The molecule has 2 aromatic carbocycles. The number of alkyl halides is 2. The molecule has 6 nitrogen and oxygen atoms in total. The van der Waals surface area contributed by atoms with E-state index in [1.54, 1.807) is 24.6 Å². The van der Waals surface area contributed by atoms with Gasteiger partial charge in [-0.25, -0.2) is 8.78 Å². The summed E-state index contributed by atoms with van der Waals surface area (Å²) in [6.45, 7) is 6.18. The Morgan fingerprint density at radius 3 is 2.66 bits per heavy atom. The number of hydrogen-bond acceptors (Lipinski definition) is 5. The third-order valence-electron chi connectivity index (χ3n) is 7.85. The van der Waals surface area contributed by atoms with Gasteiger partial charge in [-0.2, -0.15) is 0 Å². The molecule has 38 heavy (non-hydrogen) atoms. The van der Waals surface area contributed by atoms with Crippen LogP contribution in [0.2, 0.25) is 0 Å². The van der Waals surface area contributed by atoms with E-state index in [-0.39, 0.29) is 17.2 Å². The van der Waals surface area contributed by atoms with Gasteiger partial charge < -0.3 is 20.5 Å². The van der Waals surface area contributed by atoms with Crippen molar-refractivity contribution in [3.05, 3.63) is 75.2 Å². The molecule has 8 heteroatoms. The second kappa shape index (κ2) is 10.7. The molecule has 0 atom stereocenters. The highest BCUT2D eigenvalue weighted by molar-refractivity contribution is 6.23. The van der Waals surface area contributed by atoms with E-state index in [0.717, 1.165) is 66.6 Å². The van der Waals surface area contributed by atoms with Crippen LogP contribution in [0.3, 0.4) is 0 Å². The third-order valence-corrected chi connectivity index (χ3v) is 7.85. The Kier molecular flexibility index (Phi) is 7.34. The van der Waals surface area contributed by atoms with Crippen LogP contribution in [0, 0.1) is 6.92 Å². The summed E-state index contributed by atoms with van der Waals surface area (Å²) in [7, 11) is 1.77. The van der Waals surface area contributed by atoms with Crippen molar-refractivity contribution in [2.24, 2.45) is 17.8 Å². The molecule has 1 saturated heterocycles. The maximum Gasteiger partial charge on any atom is 0.264 e. The molecule has 0 radical (unpaired) electrons. The van der Waals surface area contributed by atoms with Crippen LogP contribution in [0.5, 0.6) is 0 Å². The highest BCUT2D eigenvalue weighted by Gasteiger charge is 2.27. The van der Waals surface area contributed by atoms with Gasteiger partial charge in [0.25, 0.3) is 12.0 Å². The molecule has 0 unspecified atom stereocenters. The summed E-state index contributed by atoms with van der Waals surface area (Å²) in [4.78, 5) is 19.5. The molecule has 1 fully saturated rings. The second-order valence-corrected chi connectivity index (χ2v) is 10.3. The Balaban J connectivity index is 1.62. The maximum absolute atomic E-state index is 14.6. The number of fused-ring (bicyclic) bond motifs is 2. The molecule has 0 bridgehead atoms. The Morgan fingerprint density at radius 2 is 1.95 bits per heavy atom. The summed E-state index contributed by atoms with van der Waals surface area (Å²) in [6, 6.07) is 11.4. The fourth-order valence-corrected chi connectivity index (χ4v) is 5.87. The van der Waals surface area contributed by atoms with Gasteiger partial charge in [0.1, 0.15) is 0 Å². The first-order valence-corrected chi connectivity index (χ1v) is 13.3. The first-order valence-electron chi connectivity index (χ1n) is 13.3. The lowest BCUT2D eigenvalue weighted by Gasteiger charge is -2.34. The zero-order valence-electron chi connectivity index (χ0n) is 22.2. The number of nitrogens with two attached hydrogens (primary N) is 1. The van der Waals surface area contributed by atoms with Crippen LogP contribution in [-0.4, -0.2) is 36.0 Å². The van der Waals surface area contributed by atoms with Crippen molar-refractivity contribution in [2.45, 2.75) is 52.0 Å². The Morgan fingerprint density at radius 1 is 1.18 bits per heavy atom. The summed E-state index contributed by atoms with van der Waals surface area (Å²) in [6.07, 6.45) is 2.26. The monoisotopic (exact) mass is 519 g/mol. The number of rotatable bonds is 5. The van der Waals surface area contributed by atoms with Gasteiger partial charge in [-0.1, -0.05) is 6.07 Å². The third kappa shape index (κ3) is 4.73. The van der Waals surface area contributed by atoms with Crippen LogP contribution in [0.1, 0.15) is 54.9 Å². The lowest BCUT2D eigenvalue weighted by molar-refractivity contribution is 0.151. The minimum Gasteiger partial charge on any atom is -0.404 e. The molecular formula is C30H35F2N5O. The van der Waals surface area contributed by atoms with Crippen LogP contribution in [0.4, 0.5) is 20.2 Å². The normalized spacial score (nSPS) is 17.4. The summed E-state index contributed by atoms with van der Waals surface area (Å²) < 4.78 is 30.8. The Bertz CT molecular complexity index is 1480. The summed E-state index contributed by atoms with van der Waals surface area (Å²) >= 11 is 0. The fraction of sp³-hybridized carbons (Fsp3) is 0.400. The molecule has 3 aromatic rings. The zero-order chi connectivity index (χ0) is 27.0. The van der Waals surface area contributed by atoms with Crippen molar-refractivity contribution in [1.29, 1.82) is 0 Å². The van der Waals surface area contributed by atoms with Crippen LogP contribution in [-0.2, 0) is 13.5 Å². The second-order valence-electron chi connectivity index (χ2n) is 10.3. The van der Waals surface area contributed by atoms with Crippen molar-refractivity contribution in [1.82, 2.24) is 9.88 Å². The van der Waals surface area contributed by atoms with Gasteiger partial charge in [0.05, 0.1) is 17.2 Å². The molecule has 0 aliphatic carbocycles. The number of aliphatic imine (C=N–C) groups is 1. The van der Waals surface area contributed by atoms with E-state index >= 15 is 0 Å². The molecule has 0 spiro atoms.